The van der Waals surface area contributed by atoms with Gasteiger partial charge in [0.05, 0.1) is 34.1 Å². The molecule has 4 fully saturated rings. The van der Waals surface area contributed by atoms with Crippen LogP contribution >= 0.6 is 69.6 Å². The van der Waals surface area contributed by atoms with E-state index in [9.17, 15) is 14.8 Å². The summed E-state index contributed by atoms with van der Waals surface area (Å²) in [5.41, 5.74) is 0. The van der Waals surface area contributed by atoms with E-state index in [4.69, 9.17) is 74.3 Å². The molecule has 0 spiro atoms. The number of carbonyl (C=O) groups is 2. The zero-order chi connectivity index (χ0) is 17.6. The van der Waals surface area contributed by atoms with E-state index in [1.807, 2.05) is 0 Å². The van der Waals surface area contributed by atoms with Crippen molar-refractivity contribution in [1.29, 1.82) is 0 Å². The van der Waals surface area contributed by atoms with Gasteiger partial charge in [0.15, 0.2) is 4.33 Å². The number of imide groups is 1. The second-order valence-electron chi connectivity index (χ2n) is 6.78. The zero-order valence-electron chi connectivity index (χ0n) is 11.4. The summed E-state index contributed by atoms with van der Waals surface area (Å²) in [6, 6.07) is 0. The first kappa shape index (κ1) is 16.7. The molecule has 0 radical (unpaired) electrons. The summed E-state index contributed by atoms with van der Waals surface area (Å²) < 4.78 is 4.15. The number of nitrogens with zero attached hydrogens (tertiary/aromatic N) is 1. The Labute approximate surface area is 165 Å². The van der Waals surface area contributed by atoms with Crippen LogP contribution in [0.4, 0.5) is 0 Å². The normalized spacial score (nSPS) is 56.5. The first-order chi connectivity index (χ1) is 11.0. The van der Waals surface area contributed by atoms with E-state index in [0.717, 1.165) is 0 Å². The van der Waals surface area contributed by atoms with E-state index in [0.29, 0.717) is 0 Å². The maximum Gasteiger partial charge on any atom is 0.259 e. The highest BCUT2D eigenvalue weighted by atomic mass is 35.5. The SMILES string of the molecule is O=C1[C@@H]2[C@H]3O[C@@H]([C@@H]2C(=O)N1O)[C@H]1[C@H]3[C@@]2(Cl)C(Cl)=C(Cl)[C@@]1(Cl)C2(Cl)Cl. The lowest BCUT2D eigenvalue weighted by molar-refractivity contribution is -0.176. The Morgan fingerprint density at radius 3 is 1.62 bits per heavy atom. The van der Waals surface area contributed by atoms with Gasteiger partial charge in [0.2, 0.25) is 0 Å². The molecule has 1 saturated carbocycles. The van der Waals surface area contributed by atoms with Gasteiger partial charge in [-0.1, -0.05) is 46.4 Å². The lowest BCUT2D eigenvalue weighted by atomic mass is 9.65. The van der Waals surface area contributed by atoms with Gasteiger partial charge in [-0.25, -0.2) is 0 Å². The lowest BCUT2D eigenvalue weighted by Gasteiger charge is -2.39. The highest BCUT2D eigenvalue weighted by Gasteiger charge is 2.89. The smallest absolute Gasteiger partial charge is 0.259 e. The molecule has 4 bridgehead atoms. The molecular formula is C13H7Cl6NO4. The van der Waals surface area contributed by atoms with E-state index in [-0.39, 0.29) is 15.1 Å². The summed E-state index contributed by atoms with van der Waals surface area (Å²) in [4.78, 5) is 21.4. The number of fused-ring (bicyclic) bond motifs is 12. The number of hydrogen-bond donors (Lipinski definition) is 1. The van der Waals surface area contributed by atoms with Crippen LogP contribution in [0.1, 0.15) is 0 Å². The minimum absolute atomic E-state index is 0.0254. The molecule has 3 aliphatic heterocycles. The van der Waals surface area contributed by atoms with Crippen LogP contribution in [-0.2, 0) is 14.3 Å². The van der Waals surface area contributed by atoms with E-state index in [1.165, 1.54) is 0 Å². The average molecular weight is 454 g/mol. The Balaban J connectivity index is 1.73. The lowest BCUT2D eigenvalue weighted by Crippen LogP contribution is -2.50. The minimum atomic E-state index is -1.74. The molecule has 24 heavy (non-hydrogen) atoms. The third-order valence-corrected chi connectivity index (χ3v) is 10.4. The van der Waals surface area contributed by atoms with Crippen molar-refractivity contribution in [3.63, 3.8) is 0 Å². The summed E-state index contributed by atoms with van der Waals surface area (Å²) in [5, 5.41) is 9.86. The molecule has 2 amide bonds. The van der Waals surface area contributed by atoms with Crippen molar-refractivity contribution in [2.75, 3.05) is 0 Å². The fourth-order valence-corrected chi connectivity index (χ4v) is 8.34. The van der Waals surface area contributed by atoms with Crippen LogP contribution in [0.25, 0.3) is 0 Å². The Bertz CT molecular complexity index is 714. The van der Waals surface area contributed by atoms with Gasteiger partial charge in [-0.2, -0.15) is 5.06 Å². The predicted octanol–water partition coefficient (Wildman–Crippen LogP) is 2.84. The number of carbonyl (C=O) groups excluding carboxylic acids is 2. The van der Waals surface area contributed by atoms with Crippen molar-refractivity contribution in [2.45, 2.75) is 26.3 Å². The molecule has 0 aromatic carbocycles. The van der Waals surface area contributed by atoms with Crippen molar-refractivity contribution < 1.29 is 19.5 Å². The molecule has 5 rings (SSSR count). The molecule has 0 aromatic rings. The quantitative estimate of drug-likeness (QED) is 0.348. The number of alkyl halides is 4. The van der Waals surface area contributed by atoms with Crippen molar-refractivity contribution >= 4 is 81.4 Å². The maximum absolute atomic E-state index is 12.2. The number of halogens is 6. The molecule has 2 aliphatic carbocycles. The highest BCUT2D eigenvalue weighted by Crippen LogP contribution is 2.81. The predicted molar refractivity (Wildman–Crippen MR) is 86.6 cm³/mol. The Morgan fingerprint density at radius 1 is 0.875 bits per heavy atom. The van der Waals surface area contributed by atoms with Gasteiger partial charge >= 0.3 is 0 Å². The third-order valence-electron chi connectivity index (χ3n) is 6.16. The zero-order valence-corrected chi connectivity index (χ0v) is 15.9. The summed E-state index contributed by atoms with van der Waals surface area (Å²) in [5.74, 6) is -4.42. The first-order valence-electron chi connectivity index (χ1n) is 7.07. The summed E-state index contributed by atoms with van der Waals surface area (Å²) in [6.07, 6.45) is -1.57. The molecule has 0 aromatic heterocycles. The van der Waals surface area contributed by atoms with Crippen LogP contribution < -0.4 is 0 Å². The molecule has 11 heteroatoms. The van der Waals surface area contributed by atoms with Crippen LogP contribution in [0, 0.1) is 23.7 Å². The van der Waals surface area contributed by atoms with Crippen molar-refractivity contribution in [1.82, 2.24) is 5.06 Å². The van der Waals surface area contributed by atoms with Crippen LogP contribution in [-0.4, -0.2) is 48.4 Å². The average Bonchev–Trinajstić information content (AvgIpc) is 3.21. The highest BCUT2D eigenvalue weighted by molar-refractivity contribution is 6.65. The molecule has 8 atom stereocenters. The molecule has 3 saturated heterocycles. The second kappa shape index (κ2) is 4.33. The summed E-state index contributed by atoms with van der Waals surface area (Å²) >= 11 is 39.2. The Kier molecular flexibility index (Phi) is 3.01. The van der Waals surface area contributed by atoms with Gasteiger partial charge < -0.3 is 4.74 Å². The fourth-order valence-electron chi connectivity index (χ4n) is 5.28. The van der Waals surface area contributed by atoms with Crippen LogP contribution in [0.2, 0.25) is 0 Å². The summed E-state index contributed by atoms with van der Waals surface area (Å²) in [7, 11) is 0. The van der Waals surface area contributed by atoms with Crippen LogP contribution in [0.15, 0.2) is 10.1 Å². The van der Waals surface area contributed by atoms with Gasteiger partial charge in [-0.15, -0.1) is 23.2 Å². The first-order valence-corrected chi connectivity index (χ1v) is 9.33. The monoisotopic (exact) mass is 451 g/mol. The van der Waals surface area contributed by atoms with E-state index in [2.05, 4.69) is 0 Å². The van der Waals surface area contributed by atoms with Crippen LogP contribution in [0.3, 0.4) is 0 Å². The topological polar surface area (TPSA) is 66.8 Å². The summed E-state index contributed by atoms with van der Waals surface area (Å²) in [6.45, 7) is 0. The minimum Gasteiger partial charge on any atom is -0.373 e. The third kappa shape index (κ3) is 1.28. The number of rotatable bonds is 0. The van der Waals surface area contributed by atoms with Gasteiger partial charge in [-0.05, 0) is 0 Å². The standard InChI is InChI=1S/C13H7Cl6NO4/c14-7-8(15)12(17)4-3(11(7,16)13(12,18)19)5-1-2(6(4)24-5)10(22)20(23)9(1)21/h1-6,23H/t1-,2+,3-,4-,5+,6-,11-,12-/m1/s1. The fraction of sp³-hybridized carbons (Fsp3) is 0.692. The van der Waals surface area contributed by atoms with Crippen LogP contribution in [0.5, 0.6) is 0 Å². The van der Waals surface area contributed by atoms with Crippen molar-refractivity contribution in [2.24, 2.45) is 23.7 Å². The largest absolute Gasteiger partial charge is 0.373 e. The number of hydrogen-bond acceptors (Lipinski definition) is 4. The van der Waals surface area contributed by atoms with E-state index in [1.54, 1.807) is 0 Å². The molecular weight excluding hydrogens is 447 g/mol. The van der Waals surface area contributed by atoms with Crippen molar-refractivity contribution in [3.8, 4) is 0 Å². The van der Waals surface area contributed by atoms with Gasteiger partial charge in [0.1, 0.15) is 9.75 Å². The van der Waals surface area contributed by atoms with Gasteiger partial charge in [0, 0.05) is 11.8 Å². The number of hydroxylamine groups is 2. The molecule has 130 valence electrons. The number of amides is 2. The maximum atomic E-state index is 12.2. The van der Waals surface area contributed by atoms with E-state index < -0.39 is 61.8 Å². The molecule has 3 heterocycles. The Hall–Kier alpha value is 0.540. The molecule has 5 aliphatic rings. The molecule has 1 N–H and O–H groups in total. The second-order valence-corrected chi connectivity index (χ2v) is 10.1. The number of ether oxygens (including phenoxy) is 1. The Morgan fingerprint density at radius 2 is 1.25 bits per heavy atom. The molecule has 0 unspecified atom stereocenters. The van der Waals surface area contributed by atoms with Crippen molar-refractivity contribution in [3.05, 3.63) is 10.1 Å². The molecule has 5 nitrogen and oxygen atoms in total. The van der Waals surface area contributed by atoms with Gasteiger partial charge in [0.25, 0.3) is 11.8 Å². The van der Waals surface area contributed by atoms with E-state index >= 15 is 0 Å². The number of allylic oxidation sites excluding steroid dienone is 2. The van der Waals surface area contributed by atoms with Gasteiger partial charge in [-0.3, -0.25) is 14.8 Å².